The molecule has 25 heavy (non-hydrogen) atoms. The summed E-state index contributed by atoms with van der Waals surface area (Å²) in [6.45, 7) is 6.39. The number of anilines is 4. The van der Waals surface area contributed by atoms with E-state index in [1.165, 1.54) is 37.8 Å². The summed E-state index contributed by atoms with van der Waals surface area (Å²) in [5.41, 5.74) is 2.29. The van der Waals surface area contributed by atoms with Gasteiger partial charge >= 0.3 is 0 Å². The van der Waals surface area contributed by atoms with Crippen LogP contribution in [0.2, 0.25) is 0 Å². The van der Waals surface area contributed by atoms with Crippen LogP contribution in [0.5, 0.6) is 0 Å². The van der Waals surface area contributed by atoms with Crippen LogP contribution in [0.25, 0.3) is 0 Å². The Kier molecular flexibility index (Phi) is 6.09. The third kappa shape index (κ3) is 4.84. The summed E-state index contributed by atoms with van der Waals surface area (Å²) < 4.78 is 0. The van der Waals surface area contributed by atoms with E-state index in [4.69, 9.17) is 0 Å². The van der Waals surface area contributed by atoms with Crippen molar-refractivity contribution in [3.63, 3.8) is 0 Å². The molecule has 1 saturated carbocycles. The quantitative estimate of drug-likeness (QED) is 0.758. The second-order valence-electron chi connectivity index (χ2n) is 6.59. The van der Waals surface area contributed by atoms with E-state index in [2.05, 4.69) is 63.6 Å². The van der Waals surface area contributed by atoms with Crippen LogP contribution in [0, 0.1) is 0 Å². The lowest BCUT2D eigenvalue weighted by molar-refractivity contribution is 0.461. The van der Waals surface area contributed by atoms with Gasteiger partial charge in [-0.3, -0.25) is 0 Å². The van der Waals surface area contributed by atoms with Gasteiger partial charge in [0.15, 0.2) is 0 Å². The van der Waals surface area contributed by atoms with E-state index in [1.807, 2.05) is 12.3 Å². The Morgan fingerprint density at radius 1 is 1.00 bits per heavy atom. The maximum Gasteiger partial charge on any atom is 0.224 e. The van der Waals surface area contributed by atoms with E-state index in [0.717, 1.165) is 30.5 Å². The Labute approximate surface area is 150 Å². The van der Waals surface area contributed by atoms with Gasteiger partial charge in [0.2, 0.25) is 5.95 Å². The Hall–Kier alpha value is -2.30. The smallest absolute Gasteiger partial charge is 0.224 e. The minimum absolute atomic E-state index is 0.511. The summed E-state index contributed by atoms with van der Waals surface area (Å²) in [6.07, 6.45) is 8.19. The Bertz CT molecular complexity index is 645. The van der Waals surface area contributed by atoms with Gasteiger partial charge in [-0.1, -0.05) is 19.3 Å². The van der Waals surface area contributed by atoms with Crippen LogP contribution in [-0.4, -0.2) is 29.1 Å². The summed E-state index contributed by atoms with van der Waals surface area (Å²) >= 11 is 0. The normalized spacial score (nSPS) is 15.0. The first kappa shape index (κ1) is 17.5. The molecule has 5 nitrogen and oxygen atoms in total. The maximum absolute atomic E-state index is 4.61. The minimum atomic E-state index is 0.511. The maximum atomic E-state index is 4.61. The standard InChI is InChI=1S/C20H29N5/c1-3-25(4-2)18-12-10-17(11-13-18)22-19-14-15-21-20(24-19)23-16-8-6-5-7-9-16/h10-16H,3-9H2,1-2H3,(H2,21,22,23,24). The molecule has 0 aliphatic heterocycles. The number of aromatic nitrogens is 2. The van der Waals surface area contributed by atoms with Crippen molar-refractivity contribution in [1.82, 2.24) is 9.97 Å². The highest BCUT2D eigenvalue weighted by molar-refractivity contribution is 5.61. The largest absolute Gasteiger partial charge is 0.372 e. The fraction of sp³-hybridized carbons (Fsp3) is 0.500. The number of nitrogens with zero attached hydrogens (tertiary/aromatic N) is 3. The summed E-state index contributed by atoms with van der Waals surface area (Å²) in [4.78, 5) is 11.3. The molecule has 1 aromatic heterocycles. The predicted octanol–water partition coefficient (Wildman–Crippen LogP) is 4.81. The molecule has 5 heteroatoms. The molecule has 134 valence electrons. The molecule has 0 bridgehead atoms. The van der Waals surface area contributed by atoms with Gasteiger partial charge < -0.3 is 15.5 Å². The van der Waals surface area contributed by atoms with Gasteiger partial charge in [-0.15, -0.1) is 0 Å². The number of hydrogen-bond acceptors (Lipinski definition) is 5. The number of nitrogens with one attached hydrogen (secondary N) is 2. The van der Waals surface area contributed by atoms with Gasteiger partial charge in [-0.05, 0) is 57.0 Å². The molecular weight excluding hydrogens is 310 g/mol. The van der Waals surface area contributed by atoms with Gasteiger partial charge in [0.1, 0.15) is 5.82 Å². The zero-order chi connectivity index (χ0) is 17.5. The van der Waals surface area contributed by atoms with Gasteiger partial charge in [-0.2, -0.15) is 4.98 Å². The lowest BCUT2D eigenvalue weighted by Gasteiger charge is -2.23. The molecule has 0 radical (unpaired) electrons. The molecule has 0 atom stereocenters. The molecule has 1 aromatic carbocycles. The van der Waals surface area contributed by atoms with Crippen molar-refractivity contribution < 1.29 is 0 Å². The van der Waals surface area contributed by atoms with E-state index in [-0.39, 0.29) is 0 Å². The second-order valence-corrected chi connectivity index (χ2v) is 6.59. The zero-order valence-electron chi connectivity index (χ0n) is 15.3. The Morgan fingerprint density at radius 3 is 2.40 bits per heavy atom. The highest BCUT2D eigenvalue weighted by Crippen LogP contribution is 2.22. The van der Waals surface area contributed by atoms with Crippen LogP contribution >= 0.6 is 0 Å². The van der Waals surface area contributed by atoms with E-state index >= 15 is 0 Å². The molecule has 2 aromatic rings. The summed E-state index contributed by atoms with van der Waals surface area (Å²) in [6, 6.07) is 10.9. The fourth-order valence-corrected chi connectivity index (χ4v) is 3.42. The molecule has 1 fully saturated rings. The molecule has 1 aliphatic carbocycles. The highest BCUT2D eigenvalue weighted by atomic mass is 15.2. The fourth-order valence-electron chi connectivity index (χ4n) is 3.42. The zero-order valence-corrected chi connectivity index (χ0v) is 15.3. The van der Waals surface area contributed by atoms with Gasteiger partial charge in [0.05, 0.1) is 0 Å². The third-order valence-electron chi connectivity index (χ3n) is 4.86. The van der Waals surface area contributed by atoms with Crippen molar-refractivity contribution in [2.45, 2.75) is 52.0 Å². The topological polar surface area (TPSA) is 53.1 Å². The van der Waals surface area contributed by atoms with E-state index in [9.17, 15) is 0 Å². The molecule has 0 saturated heterocycles. The molecule has 1 heterocycles. The summed E-state index contributed by atoms with van der Waals surface area (Å²) in [5, 5.41) is 6.85. The monoisotopic (exact) mass is 339 g/mol. The van der Waals surface area contributed by atoms with Crippen LogP contribution in [0.3, 0.4) is 0 Å². The highest BCUT2D eigenvalue weighted by Gasteiger charge is 2.14. The first-order valence-electron chi connectivity index (χ1n) is 9.50. The van der Waals surface area contributed by atoms with Crippen molar-refractivity contribution in [2.75, 3.05) is 28.6 Å². The molecular formula is C20H29N5. The Balaban J connectivity index is 1.63. The lowest BCUT2D eigenvalue weighted by Crippen LogP contribution is -2.23. The predicted molar refractivity (Wildman–Crippen MR) is 106 cm³/mol. The number of rotatable bonds is 7. The van der Waals surface area contributed by atoms with Crippen molar-refractivity contribution in [3.8, 4) is 0 Å². The van der Waals surface area contributed by atoms with Crippen LogP contribution in [0.1, 0.15) is 46.0 Å². The van der Waals surface area contributed by atoms with Crippen LogP contribution in [0.15, 0.2) is 36.5 Å². The summed E-state index contributed by atoms with van der Waals surface area (Å²) in [5.74, 6) is 1.54. The second kappa shape index (κ2) is 8.70. The Morgan fingerprint density at radius 2 is 1.72 bits per heavy atom. The van der Waals surface area contributed by atoms with Gasteiger partial charge in [0, 0.05) is 36.7 Å². The first-order chi connectivity index (χ1) is 12.3. The van der Waals surface area contributed by atoms with E-state index in [0.29, 0.717) is 6.04 Å². The van der Waals surface area contributed by atoms with Crippen molar-refractivity contribution >= 4 is 23.1 Å². The number of benzene rings is 1. The van der Waals surface area contributed by atoms with Crippen molar-refractivity contribution in [1.29, 1.82) is 0 Å². The van der Waals surface area contributed by atoms with Crippen molar-refractivity contribution in [2.24, 2.45) is 0 Å². The molecule has 0 unspecified atom stereocenters. The molecule has 0 spiro atoms. The van der Waals surface area contributed by atoms with Gasteiger partial charge in [0.25, 0.3) is 0 Å². The van der Waals surface area contributed by atoms with E-state index < -0.39 is 0 Å². The van der Waals surface area contributed by atoms with Crippen molar-refractivity contribution in [3.05, 3.63) is 36.5 Å². The molecule has 1 aliphatic rings. The van der Waals surface area contributed by atoms with Crippen LogP contribution in [-0.2, 0) is 0 Å². The summed E-state index contributed by atoms with van der Waals surface area (Å²) in [7, 11) is 0. The minimum Gasteiger partial charge on any atom is -0.372 e. The lowest BCUT2D eigenvalue weighted by atomic mass is 9.96. The molecule has 3 rings (SSSR count). The molecule has 2 N–H and O–H groups in total. The average Bonchev–Trinajstić information content (AvgIpc) is 2.65. The average molecular weight is 339 g/mol. The van der Waals surface area contributed by atoms with Gasteiger partial charge in [-0.25, -0.2) is 4.98 Å². The number of hydrogen-bond donors (Lipinski definition) is 2. The molecule has 0 amide bonds. The third-order valence-corrected chi connectivity index (χ3v) is 4.86. The van der Waals surface area contributed by atoms with E-state index in [1.54, 1.807) is 0 Å². The van der Waals surface area contributed by atoms with Crippen LogP contribution < -0.4 is 15.5 Å². The first-order valence-corrected chi connectivity index (χ1v) is 9.50. The SMILES string of the molecule is CCN(CC)c1ccc(Nc2ccnc(NC3CCCCC3)n2)cc1. The van der Waals surface area contributed by atoms with Crippen LogP contribution in [0.4, 0.5) is 23.1 Å².